The van der Waals surface area contributed by atoms with Crippen LogP contribution in [-0.2, 0) is 4.79 Å². The molecule has 0 bridgehead atoms. The van der Waals surface area contributed by atoms with Crippen LogP contribution in [0.3, 0.4) is 0 Å². The van der Waals surface area contributed by atoms with Gasteiger partial charge in [-0.15, -0.1) is 0 Å². The molecule has 32 heavy (non-hydrogen) atoms. The predicted octanol–water partition coefficient (Wildman–Crippen LogP) is 4.66. The Morgan fingerprint density at radius 1 is 1.03 bits per heavy atom. The van der Waals surface area contributed by atoms with Crippen molar-refractivity contribution in [2.75, 3.05) is 23.3 Å². The van der Waals surface area contributed by atoms with Crippen molar-refractivity contribution in [3.8, 4) is 0 Å². The smallest absolute Gasteiger partial charge is 0.303 e. The Balaban J connectivity index is 1.56. The maximum atomic E-state index is 12.9. The van der Waals surface area contributed by atoms with E-state index in [1.807, 2.05) is 4.90 Å². The van der Waals surface area contributed by atoms with E-state index in [0.29, 0.717) is 53.1 Å². The largest absolute Gasteiger partial charge is 0.481 e. The summed E-state index contributed by atoms with van der Waals surface area (Å²) in [6, 6.07) is 8.37. The fraction of sp³-hybridized carbons (Fsp3) is 0.417. The lowest BCUT2D eigenvalue weighted by molar-refractivity contribution is -0.138. The van der Waals surface area contributed by atoms with Crippen molar-refractivity contribution < 1.29 is 19.5 Å². The van der Waals surface area contributed by atoms with E-state index in [1.165, 1.54) is 0 Å². The summed E-state index contributed by atoms with van der Waals surface area (Å²) in [4.78, 5) is 43.1. The minimum absolute atomic E-state index is 0.0324. The number of carbonyl (C=O) groups excluding carboxylic acids is 2. The van der Waals surface area contributed by atoms with E-state index < -0.39 is 5.97 Å². The van der Waals surface area contributed by atoms with Gasteiger partial charge in [-0.3, -0.25) is 14.4 Å². The number of benzene rings is 1. The monoisotopic (exact) mass is 455 g/mol. The molecule has 1 saturated heterocycles. The van der Waals surface area contributed by atoms with Gasteiger partial charge in [0, 0.05) is 48.3 Å². The van der Waals surface area contributed by atoms with E-state index in [-0.39, 0.29) is 24.0 Å². The molecule has 0 unspecified atom stereocenters. The average molecular weight is 456 g/mol. The van der Waals surface area contributed by atoms with Crippen LogP contribution in [0.5, 0.6) is 0 Å². The van der Waals surface area contributed by atoms with E-state index in [0.717, 1.165) is 25.7 Å². The fourth-order valence-corrected chi connectivity index (χ4v) is 4.27. The van der Waals surface area contributed by atoms with Gasteiger partial charge >= 0.3 is 5.97 Å². The van der Waals surface area contributed by atoms with Crippen LogP contribution in [0.15, 0.2) is 36.5 Å². The van der Waals surface area contributed by atoms with Crippen molar-refractivity contribution in [2.24, 2.45) is 11.8 Å². The number of hydrogen-bond donors (Lipinski definition) is 2. The summed E-state index contributed by atoms with van der Waals surface area (Å²) in [5.41, 5.74) is 1.38. The molecular formula is C24H26ClN3O4. The number of rotatable bonds is 8. The highest BCUT2D eigenvalue weighted by Gasteiger charge is 2.27. The molecule has 7 nitrogen and oxygen atoms in total. The van der Waals surface area contributed by atoms with Gasteiger partial charge in [-0.1, -0.05) is 17.7 Å². The first-order valence-corrected chi connectivity index (χ1v) is 11.3. The fourth-order valence-electron chi connectivity index (χ4n) is 4.08. The molecule has 0 spiro atoms. The third-order valence-corrected chi connectivity index (χ3v) is 6.31. The quantitative estimate of drug-likeness (QED) is 0.561. The van der Waals surface area contributed by atoms with Crippen molar-refractivity contribution in [1.29, 1.82) is 0 Å². The number of hydrogen-bond acceptors (Lipinski definition) is 5. The second-order valence-electron chi connectivity index (χ2n) is 8.66. The number of carbonyl (C=O) groups is 3. The van der Waals surface area contributed by atoms with Crippen LogP contribution in [0.4, 0.5) is 11.5 Å². The molecule has 1 aromatic carbocycles. The summed E-state index contributed by atoms with van der Waals surface area (Å²) in [5, 5.41) is 12.4. The number of nitrogens with one attached hydrogen (secondary N) is 1. The Hall–Kier alpha value is -2.93. The molecule has 0 atom stereocenters. The zero-order valence-electron chi connectivity index (χ0n) is 17.7. The lowest BCUT2D eigenvalue weighted by atomic mass is 9.93. The molecule has 1 aromatic heterocycles. The second kappa shape index (κ2) is 9.69. The van der Waals surface area contributed by atoms with Crippen LogP contribution >= 0.6 is 11.6 Å². The van der Waals surface area contributed by atoms with E-state index in [1.54, 1.807) is 36.5 Å². The molecule has 2 fully saturated rings. The highest BCUT2D eigenvalue weighted by Crippen LogP contribution is 2.35. The Morgan fingerprint density at radius 3 is 2.41 bits per heavy atom. The number of aliphatic carboxylic acids is 1. The first-order valence-electron chi connectivity index (χ1n) is 11.0. The van der Waals surface area contributed by atoms with Gasteiger partial charge in [0.05, 0.1) is 5.69 Å². The van der Waals surface area contributed by atoms with Crippen molar-refractivity contribution in [1.82, 2.24) is 4.98 Å². The molecule has 2 N–H and O–H groups in total. The molecule has 2 aromatic rings. The van der Waals surface area contributed by atoms with Gasteiger partial charge < -0.3 is 15.3 Å². The minimum atomic E-state index is -0.783. The lowest BCUT2D eigenvalue weighted by Crippen LogP contribution is -2.35. The van der Waals surface area contributed by atoms with Crippen molar-refractivity contribution in [3.05, 3.63) is 52.7 Å². The average Bonchev–Trinajstić information content (AvgIpc) is 3.58. The molecule has 2 heterocycles. The maximum absolute atomic E-state index is 12.9. The van der Waals surface area contributed by atoms with Crippen LogP contribution in [0, 0.1) is 11.8 Å². The number of aromatic nitrogens is 1. The van der Waals surface area contributed by atoms with E-state index in [9.17, 15) is 14.4 Å². The number of halogens is 1. The van der Waals surface area contributed by atoms with Gasteiger partial charge in [-0.2, -0.15) is 0 Å². The standard InChI is InChI=1S/C24H26ClN3O4/c25-19-3-1-2-17(12-19)24(32)27-20-13-18(21(29)10-15-4-5-15)14-26-23(20)28-8-6-16(7-9-28)11-22(30)31/h1-3,12-16H,4-11H2,(H,27,32)(H,30,31). The van der Waals surface area contributed by atoms with Crippen molar-refractivity contribution >= 4 is 40.8 Å². The van der Waals surface area contributed by atoms with Crippen LogP contribution < -0.4 is 10.2 Å². The topological polar surface area (TPSA) is 99.6 Å². The number of ketones is 1. The van der Waals surface area contributed by atoms with E-state index in [4.69, 9.17) is 16.7 Å². The molecule has 1 aliphatic carbocycles. The van der Waals surface area contributed by atoms with Gasteiger partial charge in [-0.25, -0.2) is 4.98 Å². The maximum Gasteiger partial charge on any atom is 0.303 e. The summed E-state index contributed by atoms with van der Waals surface area (Å²) < 4.78 is 0. The Kier molecular flexibility index (Phi) is 6.74. The van der Waals surface area contributed by atoms with Crippen LogP contribution in [0.2, 0.25) is 5.02 Å². The van der Waals surface area contributed by atoms with Crippen molar-refractivity contribution in [2.45, 2.75) is 38.5 Å². The summed E-state index contributed by atoms with van der Waals surface area (Å²) in [6.07, 6.45) is 5.88. The highest BCUT2D eigenvalue weighted by molar-refractivity contribution is 6.31. The summed E-state index contributed by atoms with van der Waals surface area (Å²) in [6.45, 7) is 1.28. The molecule has 168 valence electrons. The Bertz CT molecular complexity index is 1030. The molecule has 2 aliphatic rings. The zero-order valence-corrected chi connectivity index (χ0v) is 18.5. The number of carboxylic acids is 1. The number of nitrogens with zero attached hydrogens (tertiary/aromatic N) is 2. The number of piperidine rings is 1. The molecule has 8 heteroatoms. The molecule has 1 aliphatic heterocycles. The normalized spacial score (nSPS) is 16.6. The number of carboxylic acid groups (broad SMARTS) is 1. The summed E-state index contributed by atoms with van der Waals surface area (Å²) in [5.74, 6) is 0.104. The molecule has 0 radical (unpaired) electrons. The SMILES string of the molecule is O=C(O)CC1CCN(c2ncc(C(=O)CC3CC3)cc2NC(=O)c2cccc(Cl)c2)CC1. The van der Waals surface area contributed by atoms with Gasteiger partial charge in [0.25, 0.3) is 5.91 Å². The third-order valence-electron chi connectivity index (χ3n) is 6.07. The minimum Gasteiger partial charge on any atom is -0.481 e. The second-order valence-corrected chi connectivity index (χ2v) is 9.10. The Morgan fingerprint density at radius 2 is 1.75 bits per heavy atom. The summed E-state index contributed by atoms with van der Waals surface area (Å²) >= 11 is 6.03. The number of amides is 1. The zero-order chi connectivity index (χ0) is 22.7. The Labute approximate surface area is 191 Å². The molecular weight excluding hydrogens is 430 g/mol. The third kappa shape index (κ3) is 5.65. The first kappa shape index (κ1) is 22.3. The highest BCUT2D eigenvalue weighted by atomic mass is 35.5. The lowest BCUT2D eigenvalue weighted by Gasteiger charge is -2.33. The van der Waals surface area contributed by atoms with E-state index >= 15 is 0 Å². The van der Waals surface area contributed by atoms with Gasteiger partial charge in [0.15, 0.2) is 11.6 Å². The van der Waals surface area contributed by atoms with Crippen molar-refractivity contribution in [3.63, 3.8) is 0 Å². The van der Waals surface area contributed by atoms with Crippen LogP contribution in [-0.4, -0.2) is 40.8 Å². The number of pyridine rings is 1. The van der Waals surface area contributed by atoms with Gasteiger partial charge in [0.1, 0.15) is 0 Å². The van der Waals surface area contributed by atoms with Gasteiger partial charge in [0.2, 0.25) is 0 Å². The predicted molar refractivity (Wildman–Crippen MR) is 123 cm³/mol. The molecule has 1 amide bonds. The molecule has 4 rings (SSSR count). The van der Waals surface area contributed by atoms with E-state index in [2.05, 4.69) is 10.3 Å². The van der Waals surface area contributed by atoms with Crippen LogP contribution in [0.1, 0.15) is 59.2 Å². The van der Waals surface area contributed by atoms with Crippen LogP contribution in [0.25, 0.3) is 0 Å². The number of anilines is 2. The van der Waals surface area contributed by atoms with Gasteiger partial charge in [-0.05, 0) is 61.8 Å². The summed E-state index contributed by atoms with van der Waals surface area (Å²) in [7, 11) is 0. The molecule has 1 saturated carbocycles. The number of Topliss-reactive ketones (excluding diaryl/α,β-unsaturated/α-hetero) is 1. The first-order chi connectivity index (χ1) is 15.4.